The van der Waals surface area contributed by atoms with Crippen LogP contribution in [0.3, 0.4) is 0 Å². The number of rotatable bonds is 5. The molecular weight excluding hydrogens is 278 g/mol. The molecule has 1 heterocycles. The van der Waals surface area contributed by atoms with Gasteiger partial charge in [-0.15, -0.1) is 11.8 Å². The number of hydrogen-bond acceptors (Lipinski definition) is 7. The van der Waals surface area contributed by atoms with Crippen molar-refractivity contribution in [3.63, 3.8) is 0 Å². The van der Waals surface area contributed by atoms with Crippen LogP contribution in [0, 0.1) is 0 Å². The van der Waals surface area contributed by atoms with E-state index < -0.39 is 47.1 Å². The molecule has 0 saturated carbocycles. The predicted molar refractivity (Wildman–Crippen MR) is 68.7 cm³/mol. The highest BCUT2D eigenvalue weighted by molar-refractivity contribution is 8.01. The van der Waals surface area contributed by atoms with Gasteiger partial charge in [-0.2, -0.15) is 0 Å². The Hall–Kier alpha value is -0.420. The first-order chi connectivity index (χ1) is 8.20. The minimum Gasteiger partial charge on any atom is -0.480 e. The maximum Gasteiger partial charge on any atom is 0.322 e. The summed E-state index contributed by atoms with van der Waals surface area (Å²) >= 11 is 1.17. The van der Waals surface area contributed by atoms with Gasteiger partial charge in [-0.25, -0.2) is 0 Å². The molecule has 19 heavy (non-hydrogen) atoms. The molecule has 1 aliphatic heterocycles. The number of aliphatic hydroxyl groups excluding tert-OH is 4. The van der Waals surface area contributed by atoms with Crippen molar-refractivity contribution in [2.45, 2.75) is 48.3 Å². The van der Waals surface area contributed by atoms with Gasteiger partial charge < -0.3 is 31.0 Å². The fraction of sp³-hybridized carbons (Fsp3) is 0.900. The molecule has 0 aromatic heterocycles. The van der Waals surface area contributed by atoms with Crippen molar-refractivity contribution < 1.29 is 35.8 Å². The lowest BCUT2D eigenvalue weighted by Crippen LogP contribution is -2.51. The Morgan fingerprint density at radius 2 is 1.89 bits per heavy atom. The van der Waals surface area contributed by atoms with Crippen LogP contribution in [0.15, 0.2) is 0 Å². The summed E-state index contributed by atoms with van der Waals surface area (Å²) in [6, 6.07) is -0.861. The first kappa shape index (κ1) is 18.6. The summed E-state index contributed by atoms with van der Waals surface area (Å²) in [7, 11) is 0. The van der Waals surface area contributed by atoms with E-state index in [2.05, 4.69) is 5.32 Å². The Morgan fingerprint density at radius 3 is 2.26 bits per heavy atom. The second-order valence-corrected chi connectivity index (χ2v) is 6.61. The summed E-state index contributed by atoms with van der Waals surface area (Å²) < 4.78 is -0.651. The third-order valence-electron chi connectivity index (χ3n) is 2.95. The van der Waals surface area contributed by atoms with E-state index in [1.165, 1.54) is 11.8 Å². The molecule has 8 nitrogen and oxygen atoms in total. The van der Waals surface area contributed by atoms with Crippen LogP contribution in [0.25, 0.3) is 0 Å². The topological polar surface area (TPSA) is 162 Å². The van der Waals surface area contributed by atoms with Crippen LogP contribution in [0.4, 0.5) is 0 Å². The average molecular weight is 299 g/mol. The summed E-state index contributed by atoms with van der Waals surface area (Å²) in [5.74, 6) is -1.04. The van der Waals surface area contributed by atoms with Gasteiger partial charge in [-0.1, -0.05) is 0 Å². The summed E-state index contributed by atoms with van der Waals surface area (Å²) in [6.45, 7) is 2.75. The smallest absolute Gasteiger partial charge is 0.322 e. The van der Waals surface area contributed by atoms with Crippen molar-refractivity contribution in [3.8, 4) is 0 Å². The van der Waals surface area contributed by atoms with Gasteiger partial charge in [0.2, 0.25) is 0 Å². The van der Waals surface area contributed by atoms with Crippen molar-refractivity contribution >= 4 is 17.7 Å². The second-order valence-electron chi connectivity index (χ2n) is 4.81. The van der Waals surface area contributed by atoms with Crippen LogP contribution in [0.2, 0.25) is 0 Å². The lowest BCUT2D eigenvalue weighted by Gasteiger charge is -2.26. The van der Waals surface area contributed by atoms with Crippen LogP contribution in [0.5, 0.6) is 0 Å². The first-order valence-corrected chi connectivity index (χ1v) is 6.40. The average Bonchev–Trinajstić information content (AvgIpc) is 2.62. The van der Waals surface area contributed by atoms with Crippen LogP contribution >= 0.6 is 11.8 Å². The molecule has 1 rings (SSSR count). The number of carboxylic acid groups (broad SMARTS) is 1. The molecule has 1 unspecified atom stereocenters. The van der Waals surface area contributed by atoms with Gasteiger partial charge in [0.05, 0.1) is 12.0 Å². The van der Waals surface area contributed by atoms with E-state index in [1.807, 2.05) is 0 Å². The fourth-order valence-corrected chi connectivity index (χ4v) is 3.31. The van der Waals surface area contributed by atoms with E-state index in [9.17, 15) is 20.1 Å². The number of thioether (sulfide) groups is 1. The molecule has 5 atom stereocenters. The molecule has 0 aromatic rings. The Morgan fingerprint density at radius 1 is 1.37 bits per heavy atom. The van der Waals surface area contributed by atoms with Crippen molar-refractivity contribution in [2.75, 3.05) is 6.61 Å². The maximum atomic E-state index is 11.0. The first-order valence-electron chi connectivity index (χ1n) is 5.52. The zero-order valence-corrected chi connectivity index (χ0v) is 11.5. The Labute approximate surface area is 114 Å². The summed E-state index contributed by atoms with van der Waals surface area (Å²) in [5, 5.41) is 48.4. The van der Waals surface area contributed by atoms with E-state index in [4.69, 9.17) is 10.2 Å². The summed E-state index contributed by atoms with van der Waals surface area (Å²) in [5.41, 5.74) is 0. The minimum atomic E-state index is -1.54. The number of carbonyl (C=O) groups is 1. The van der Waals surface area contributed by atoms with Crippen LogP contribution in [0.1, 0.15) is 13.8 Å². The highest BCUT2D eigenvalue weighted by atomic mass is 32.2. The van der Waals surface area contributed by atoms with Crippen molar-refractivity contribution in [1.29, 1.82) is 0 Å². The van der Waals surface area contributed by atoms with Crippen molar-refractivity contribution in [1.82, 2.24) is 5.32 Å². The molecule has 0 bridgehead atoms. The standard InChI is InChI=1S/C10H19NO6S.H2O/c1-10(2)7(9(16)17)11-8(18-10)6(15)5(14)4(13)3-12;/h4-8,11-15H,3H2,1-2H3,(H,16,17);1H2/t4-,5-,6+,7+,8?;/m1./s1. The number of hydrogen-bond donors (Lipinski definition) is 6. The summed E-state index contributed by atoms with van der Waals surface area (Å²) in [4.78, 5) is 11.0. The van der Waals surface area contributed by atoms with Crippen LogP contribution < -0.4 is 5.32 Å². The van der Waals surface area contributed by atoms with E-state index in [0.29, 0.717) is 0 Å². The van der Waals surface area contributed by atoms with Gasteiger partial charge in [0.15, 0.2) is 0 Å². The monoisotopic (exact) mass is 299 g/mol. The van der Waals surface area contributed by atoms with E-state index >= 15 is 0 Å². The van der Waals surface area contributed by atoms with E-state index in [-0.39, 0.29) is 5.48 Å². The molecule has 8 N–H and O–H groups in total. The summed E-state index contributed by atoms with van der Waals surface area (Å²) in [6.07, 6.45) is -4.38. The predicted octanol–water partition coefficient (Wildman–Crippen LogP) is -2.87. The molecule has 0 spiro atoms. The number of aliphatic carboxylic acids is 1. The van der Waals surface area contributed by atoms with Gasteiger partial charge >= 0.3 is 5.97 Å². The van der Waals surface area contributed by atoms with Gasteiger partial charge in [0, 0.05) is 4.75 Å². The zero-order valence-electron chi connectivity index (χ0n) is 10.6. The fourth-order valence-electron chi connectivity index (χ4n) is 1.85. The Bertz CT molecular complexity index is 314. The largest absolute Gasteiger partial charge is 0.480 e. The molecule has 9 heteroatoms. The number of aliphatic hydroxyl groups is 4. The molecule has 114 valence electrons. The highest BCUT2D eigenvalue weighted by Gasteiger charge is 2.48. The van der Waals surface area contributed by atoms with Crippen molar-refractivity contribution in [3.05, 3.63) is 0 Å². The van der Waals surface area contributed by atoms with Crippen LogP contribution in [-0.4, -0.2) is 78.1 Å². The Kier molecular flexibility index (Phi) is 6.69. The van der Waals surface area contributed by atoms with Crippen LogP contribution in [-0.2, 0) is 4.79 Å². The molecular formula is C10H21NO7S. The lowest BCUT2D eigenvalue weighted by atomic mass is 10.0. The zero-order chi connectivity index (χ0) is 14.1. The molecule has 0 radical (unpaired) electrons. The van der Waals surface area contributed by atoms with Gasteiger partial charge in [0.1, 0.15) is 24.4 Å². The van der Waals surface area contributed by atoms with Gasteiger partial charge in [-0.3, -0.25) is 10.1 Å². The molecule has 0 amide bonds. The third-order valence-corrected chi connectivity index (χ3v) is 4.46. The minimum absolute atomic E-state index is 0. The van der Waals surface area contributed by atoms with E-state index in [0.717, 1.165) is 0 Å². The molecule has 1 saturated heterocycles. The second kappa shape index (κ2) is 6.84. The van der Waals surface area contributed by atoms with E-state index in [1.54, 1.807) is 13.8 Å². The third kappa shape index (κ3) is 4.02. The normalized spacial score (nSPS) is 30.2. The maximum absolute atomic E-state index is 11.0. The molecule has 1 fully saturated rings. The Balaban J connectivity index is 0.00000324. The number of nitrogens with one attached hydrogen (secondary N) is 1. The van der Waals surface area contributed by atoms with Gasteiger partial charge in [-0.05, 0) is 13.8 Å². The molecule has 1 aliphatic rings. The highest BCUT2D eigenvalue weighted by Crippen LogP contribution is 2.39. The lowest BCUT2D eigenvalue weighted by molar-refractivity contribution is -0.140. The quantitative estimate of drug-likeness (QED) is 0.315. The SMILES string of the molecule is CC1(C)SC([C@@H](O)[C@H](O)[C@H](O)CO)N[C@H]1C(=O)O.O. The number of carboxylic acids is 1. The molecule has 0 aromatic carbocycles. The molecule has 0 aliphatic carbocycles. The van der Waals surface area contributed by atoms with Crippen molar-refractivity contribution in [2.24, 2.45) is 0 Å². The van der Waals surface area contributed by atoms with Gasteiger partial charge in [0.25, 0.3) is 0 Å².